The zero-order chi connectivity index (χ0) is 17.4. The van der Waals surface area contributed by atoms with Gasteiger partial charge in [0.05, 0.1) is 0 Å². The Balaban J connectivity index is 1.33. The molecule has 0 bridgehead atoms. The molecule has 7 heteroatoms. The van der Waals surface area contributed by atoms with E-state index in [0.717, 1.165) is 5.56 Å². The van der Waals surface area contributed by atoms with Crippen molar-refractivity contribution >= 4 is 6.09 Å². The van der Waals surface area contributed by atoms with E-state index in [1.165, 1.54) is 0 Å². The third-order valence-electron chi connectivity index (χ3n) is 5.05. The number of carbonyl (C=O) groups excluding carboxylic acids is 1. The van der Waals surface area contributed by atoms with E-state index < -0.39 is 23.3 Å². The van der Waals surface area contributed by atoms with Gasteiger partial charge in [0.25, 0.3) is 0 Å². The molecular weight excluding hydrogens is 323 g/mol. The molecule has 2 aliphatic carbocycles. The lowest BCUT2D eigenvalue weighted by atomic mass is 9.46. The number of aliphatic hydroxyl groups is 1. The van der Waals surface area contributed by atoms with Gasteiger partial charge in [0, 0.05) is 6.54 Å². The molecule has 1 aromatic rings. The van der Waals surface area contributed by atoms with Gasteiger partial charge in [-0.1, -0.05) is 30.3 Å². The average molecular weight is 343 g/mol. The first-order chi connectivity index (χ1) is 11.2. The minimum Gasteiger partial charge on any atom is -0.445 e. The van der Waals surface area contributed by atoms with E-state index in [1.54, 1.807) is 0 Å². The topological polar surface area (TPSA) is 58.6 Å². The molecule has 24 heavy (non-hydrogen) atoms. The molecule has 0 radical (unpaired) electrons. The van der Waals surface area contributed by atoms with Crippen LogP contribution in [0.5, 0.6) is 0 Å². The van der Waals surface area contributed by atoms with Crippen molar-refractivity contribution in [3.63, 3.8) is 0 Å². The summed E-state index contributed by atoms with van der Waals surface area (Å²) in [5.41, 5.74) is -2.03. The third-order valence-corrected chi connectivity index (χ3v) is 5.05. The summed E-state index contributed by atoms with van der Waals surface area (Å²) < 4.78 is 43.0. The number of rotatable bonds is 4. The standard InChI is InChI=1S/C17H20F3NO3/c18-17(19,20)16(23)10-15(11-16)6-13(7-15)8-21-14(22)24-9-12-4-2-1-3-5-12/h1-5,13,23H,6-11H2,(H,21,22). The minimum atomic E-state index is -4.55. The number of amides is 1. The first-order valence-electron chi connectivity index (χ1n) is 7.95. The maximum atomic E-state index is 12.6. The molecule has 0 aliphatic heterocycles. The molecule has 4 nitrogen and oxygen atoms in total. The normalized spacial score (nSPS) is 31.9. The number of halogens is 3. The van der Waals surface area contributed by atoms with Crippen LogP contribution in [0.3, 0.4) is 0 Å². The fourth-order valence-corrected chi connectivity index (χ4v) is 3.99. The minimum absolute atomic E-state index is 0.145. The van der Waals surface area contributed by atoms with E-state index in [4.69, 9.17) is 4.74 Å². The predicted molar refractivity (Wildman–Crippen MR) is 80.0 cm³/mol. The molecule has 2 fully saturated rings. The van der Waals surface area contributed by atoms with Crippen LogP contribution in [0.15, 0.2) is 30.3 Å². The maximum Gasteiger partial charge on any atom is 0.417 e. The highest BCUT2D eigenvalue weighted by atomic mass is 19.4. The number of carbonyl (C=O) groups is 1. The number of nitrogens with one attached hydrogen (secondary N) is 1. The van der Waals surface area contributed by atoms with Crippen molar-refractivity contribution in [2.45, 2.75) is 44.1 Å². The second kappa shape index (κ2) is 5.95. The molecule has 1 aromatic carbocycles. The number of hydrogen-bond acceptors (Lipinski definition) is 3. The molecule has 0 aromatic heterocycles. The van der Waals surface area contributed by atoms with E-state index in [0.29, 0.717) is 19.4 Å². The number of benzene rings is 1. The highest BCUT2D eigenvalue weighted by molar-refractivity contribution is 5.67. The highest BCUT2D eigenvalue weighted by Gasteiger charge is 2.69. The molecule has 2 N–H and O–H groups in total. The molecule has 2 aliphatic rings. The van der Waals surface area contributed by atoms with Gasteiger partial charge in [-0.2, -0.15) is 13.2 Å². The van der Waals surface area contributed by atoms with Gasteiger partial charge in [-0.15, -0.1) is 0 Å². The van der Waals surface area contributed by atoms with Crippen molar-refractivity contribution < 1.29 is 27.8 Å². The van der Waals surface area contributed by atoms with Crippen LogP contribution in [0.1, 0.15) is 31.2 Å². The van der Waals surface area contributed by atoms with Gasteiger partial charge in [0.2, 0.25) is 0 Å². The van der Waals surface area contributed by atoms with Gasteiger partial charge < -0.3 is 15.2 Å². The summed E-state index contributed by atoms with van der Waals surface area (Å²) in [5, 5.41) is 12.2. The highest BCUT2D eigenvalue weighted by Crippen LogP contribution is 2.65. The molecule has 3 rings (SSSR count). The number of alkyl carbamates (subject to hydrolysis) is 1. The van der Waals surface area contributed by atoms with Crippen LogP contribution >= 0.6 is 0 Å². The summed E-state index contributed by atoms with van der Waals surface area (Å²) in [6.07, 6.45) is -4.32. The Hall–Kier alpha value is -1.76. The Morgan fingerprint density at radius 2 is 1.88 bits per heavy atom. The zero-order valence-corrected chi connectivity index (χ0v) is 13.1. The lowest BCUT2D eigenvalue weighted by Crippen LogP contribution is -2.65. The fraction of sp³-hybridized carbons (Fsp3) is 0.588. The van der Waals surface area contributed by atoms with Crippen LogP contribution in [0, 0.1) is 11.3 Å². The Kier molecular flexibility index (Phi) is 4.23. The summed E-state index contributed by atoms with van der Waals surface area (Å²) in [6.45, 7) is 0.569. The van der Waals surface area contributed by atoms with Crippen molar-refractivity contribution in [1.29, 1.82) is 0 Å². The first-order valence-corrected chi connectivity index (χ1v) is 7.95. The summed E-state index contributed by atoms with van der Waals surface area (Å²) in [4.78, 5) is 11.6. The van der Waals surface area contributed by atoms with Crippen molar-refractivity contribution in [2.75, 3.05) is 6.54 Å². The van der Waals surface area contributed by atoms with Crippen molar-refractivity contribution in [1.82, 2.24) is 5.32 Å². The van der Waals surface area contributed by atoms with E-state index in [-0.39, 0.29) is 25.4 Å². The van der Waals surface area contributed by atoms with E-state index in [2.05, 4.69) is 5.32 Å². The van der Waals surface area contributed by atoms with Crippen LogP contribution in [0.4, 0.5) is 18.0 Å². The molecule has 0 atom stereocenters. The van der Waals surface area contributed by atoms with Crippen molar-refractivity contribution in [3.8, 4) is 0 Å². The molecule has 0 heterocycles. The number of alkyl halides is 3. The van der Waals surface area contributed by atoms with Crippen molar-refractivity contribution in [3.05, 3.63) is 35.9 Å². The molecule has 1 amide bonds. The molecule has 0 unspecified atom stereocenters. The molecule has 0 saturated heterocycles. The van der Waals surface area contributed by atoms with Gasteiger partial charge in [0.15, 0.2) is 5.60 Å². The smallest absolute Gasteiger partial charge is 0.417 e. The van der Waals surface area contributed by atoms with Crippen LogP contribution in [-0.4, -0.2) is 29.5 Å². The zero-order valence-electron chi connectivity index (χ0n) is 13.1. The largest absolute Gasteiger partial charge is 0.445 e. The van der Waals surface area contributed by atoms with Gasteiger partial charge in [-0.3, -0.25) is 0 Å². The molecule has 2 saturated carbocycles. The fourth-order valence-electron chi connectivity index (χ4n) is 3.99. The molecule has 132 valence electrons. The Bertz CT molecular complexity index is 589. The van der Waals surface area contributed by atoms with Gasteiger partial charge in [0.1, 0.15) is 6.61 Å². The van der Waals surface area contributed by atoms with E-state index in [1.807, 2.05) is 30.3 Å². The van der Waals surface area contributed by atoms with Gasteiger partial charge in [-0.05, 0) is 42.6 Å². The van der Waals surface area contributed by atoms with Crippen LogP contribution in [0.25, 0.3) is 0 Å². The lowest BCUT2D eigenvalue weighted by molar-refractivity contribution is -0.330. The first kappa shape index (κ1) is 17.1. The van der Waals surface area contributed by atoms with E-state index in [9.17, 15) is 23.1 Å². The summed E-state index contributed by atoms with van der Waals surface area (Å²) >= 11 is 0. The number of ether oxygens (including phenoxy) is 1. The Labute approximate surface area is 138 Å². The van der Waals surface area contributed by atoms with Crippen LogP contribution in [0.2, 0.25) is 0 Å². The van der Waals surface area contributed by atoms with Gasteiger partial charge in [-0.25, -0.2) is 4.79 Å². The van der Waals surface area contributed by atoms with Gasteiger partial charge >= 0.3 is 12.3 Å². The summed E-state index contributed by atoms with van der Waals surface area (Å²) in [7, 11) is 0. The molecular formula is C17H20F3NO3. The monoisotopic (exact) mass is 343 g/mol. The second-order valence-corrected chi connectivity index (χ2v) is 7.10. The van der Waals surface area contributed by atoms with Crippen molar-refractivity contribution in [2.24, 2.45) is 11.3 Å². The quantitative estimate of drug-likeness (QED) is 0.881. The maximum absolute atomic E-state index is 12.6. The number of hydrogen-bond donors (Lipinski definition) is 2. The SMILES string of the molecule is O=C(NCC1CC2(C1)CC(O)(C(F)(F)F)C2)OCc1ccccc1. The lowest BCUT2D eigenvalue weighted by Gasteiger charge is -2.61. The summed E-state index contributed by atoms with van der Waals surface area (Å²) in [6, 6.07) is 9.27. The second-order valence-electron chi connectivity index (χ2n) is 7.10. The predicted octanol–water partition coefficient (Wildman–Crippen LogP) is 3.40. The Morgan fingerprint density at radius 3 is 2.46 bits per heavy atom. The third kappa shape index (κ3) is 3.36. The summed E-state index contributed by atoms with van der Waals surface area (Å²) in [5.74, 6) is 0.145. The average Bonchev–Trinajstić information content (AvgIpc) is 2.46. The van der Waals surface area contributed by atoms with E-state index >= 15 is 0 Å². The molecule has 1 spiro atoms. The van der Waals surface area contributed by atoms with Crippen LogP contribution < -0.4 is 5.32 Å². The Morgan fingerprint density at radius 1 is 1.25 bits per heavy atom. The van der Waals surface area contributed by atoms with Crippen LogP contribution in [-0.2, 0) is 11.3 Å².